The van der Waals surface area contributed by atoms with Gasteiger partial charge in [-0.05, 0) is 24.7 Å². The number of hydrogen-bond acceptors (Lipinski definition) is 2. The minimum Gasteiger partial charge on any atom is -0.481 e. The molecule has 0 saturated heterocycles. The Morgan fingerprint density at radius 2 is 1.80 bits per heavy atom. The lowest BCUT2D eigenvalue weighted by molar-refractivity contribution is -0.158. The van der Waals surface area contributed by atoms with Gasteiger partial charge in [-0.3, -0.25) is 9.59 Å². The molecule has 0 aliphatic heterocycles. The zero-order chi connectivity index (χ0) is 15.5. The molecule has 2 atom stereocenters. The number of carbonyl (C=O) groups is 2. The van der Waals surface area contributed by atoms with Gasteiger partial charge in [0.2, 0.25) is 0 Å². The van der Waals surface area contributed by atoms with Crippen molar-refractivity contribution in [1.82, 2.24) is 0 Å². The monoisotopic (exact) mass is 280 g/mol. The summed E-state index contributed by atoms with van der Waals surface area (Å²) in [4.78, 5) is 23.5. The van der Waals surface area contributed by atoms with Crippen LogP contribution >= 0.6 is 0 Å². The summed E-state index contributed by atoms with van der Waals surface area (Å²) in [6.07, 6.45) is 5.95. The molecular weight excluding hydrogens is 256 g/mol. The third kappa shape index (κ3) is 3.30. The maximum atomic E-state index is 11.8. The van der Waals surface area contributed by atoms with Crippen LogP contribution in [0.4, 0.5) is 0 Å². The van der Waals surface area contributed by atoms with E-state index in [1.807, 2.05) is 27.7 Å². The van der Waals surface area contributed by atoms with Crippen molar-refractivity contribution in [3.63, 3.8) is 0 Å². The Kier molecular flexibility index (Phi) is 5.15. The molecule has 0 aromatic heterocycles. The Balaban J connectivity index is 3.29. The molecule has 20 heavy (non-hydrogen) atoms. The van der Waals surface area contributed by atoms with E-state index in [1.165, 1.54) is 0 Å². The Morgan fingerprint density at radius 3 is 2.20 bits per heavy atom. The van der Waals surface area contributed by atoms with E-state index in [-0.39, 0.29) is 5.92 Å². The number of allylic oxidation sites excluding steroid dienone is 2. The summed E-state index contributed by atoms with van der Waals surface area (Å²) >= 11 is 0. The van der Waals surface area contributed by atoms with E-state index in [9.17, 15) is 19.8 Å². The zero-order valence-electron chi connectivity index (χ0n) is 12.6. The smallest absolute Gasteiger partial charge is 0.314 e. The number of rotatable bonds is 6. The largest absolute Gasteiger partial charge is 0.481 e. The molecule has 0 spiro atoms. The first-order valence-electron chi connectivity index (χ1n) is 7.05. The predicted molar refractivity (Wildman–Crippen MR) is 77.3 cm³/mol. The maximum Gasteiger partial charge on any atom is 0.314 e. The fourth-order valence-corrected chi connectivity index (χ4v) is 3.05. The van der Waals surface area contributed by atoms with Crippen LogP contribution in [0.5, 0.6) is 0 Å². The van der Waals surface area contributed by atoms with Crippen LogP contribution in [0.3, 0.4) is 0 Å². The van der Waals surface area contributed by atoms with Gasteiger partial charge in [-0.1, -0.05) is 51.5 Å². The van der Waals surface area contributed by atoms with E-state index in [0.717, 1.165) is 0 Å². The van der Waals surface area contributed by atoms with Crippen molar-refractivity contribution in [3.05, 3.63) is 23.8 Å². The van der Waals surface area contributed by atoms with E-state index in [1.54, 1.807) is 18.2 Å². The van der Waals surface area contributed by atoms with Gasteiger partial charge >= 0.3 is 11.9 Å². The first-order chi connectivity index (χ1) is 9.20. The van der Waals surface area contributed by atoms with Gasteiger partial charge in [-0.2, -0.15) is 0 Å². The second kappa shape index (κ2) is 6.25. The van der Waals surface area contributed by atoms with Crippen LogP contribution in [0, 0.1) is 23.2 Å². The quantitative estimate of drug-likeness (QED) is 0.782. The lowest BCUT2D eigenvalue weighted by Gasteiger charge is -2.37. The SMILES string of the molecule is CC(C)CC1=CC=CC(CC(C)C)(C(=O)O)C1C(=O)O. The molecular formula is C16H24O4. The van der Waals surface area contributed by atoms with E-state index in [0.29, 0.717) is 24.3 Å². The van der Waals surface area contributed by atoms with E-state index < -0.39 is 23.3 Å². The zero-order valence-corrected chi connectivity index (χ0v) is 12.6. The molecule has 1 aliphatic rings. The second-order valence-corrected chi connectivity index (χ2v) is 6.41. The standard InChI is InChI=1S/C16H24O4/c1-10(2)8-12-6-5-7-16(15(19)20,9-11(3)4)13(12)14(17)18/h5-7,10-11,13H,8-9H2,1-4H3,(H,17,18)(H,19,20). The first-order valence-corrected chi connectivity index (χ1v) is 7.05. The second-order valence-electron chi connectivity index (χ2n) is 6.41. The normalized spacial score (nSPS) is 25.9. The molecule has 112 valence electrons. The molecule has 0 fully saturated rings. The lowest BCUT2D eigenvalue weighted by Crippen LogP contribution is -2.44. The van der Waals surface area contributed by atoms with Gasteiger partial charge in [0.15, 0.2) is 0 Å². The molecule has 0 bridgehead atoms. The summed E-state index contributed by atoms with van der Waals surface area (Å²) in [6, 6.07) is 0. The molecule has 4 heteroatoms. The number of carboxylic acid groups (broad SMARTS) is 2. The number of aliphatic carboxylic acids is 2. The third-order valence-corrected chi connectivity index (χ3v) is 3.62. The van der Waals surface area contributed by atoms with Crippen LogP contribution in [0.15, 0.2) is 23.8 Å². The van der Waals surface area contributed by atoms with Crippen molar-refractivity contribution < 1.29 is 19.8 Å². The van der Waals surface area contributed by atoms with Crippen molar-refractivity contribution in [1.29, 1.82) is 0 Å². The molecule has 0 saturated carbocycles. The van der Waals surface area contributed by atoms with E-state index in [4.69, 9.17) is 0 Å². The van der Waals surface area contributed by atoms with Crippen LogP contribution in [-0.2, 0) is 9.59 Å². The molecule has 4 nitrogen and oxygen atoms in total. The van der Waals surface area contributed by atoms with Gasteiger partial charge in [0.1, 0.15) is 5.41 Å². The predicted octanol–water partition coefficient (Wildman–Crippen LogP) is 3.35. The first kappa shape index (κ1) is 16.5. The average molecular weight is 280 g/mol. The van der Waals surface area contributed by atoms with Crippen molar-refractivity contribution in [3.8, 4) is 0 Å². The summed E-state index contributed by atoms with van der Waals surface area (Å²) < 4.78 is 0. The summed E-state index contributed by atoms with van der Waals surface area (Å²) in [6.45, 7) is 7.84. The van der Waals surface area contributed by atoms with E-state index >= 15 is 0 Å². The van der Waals surface area contributed by atoms with Gasteiger partial charge in [0.25, 0.3) is 0 Å². The minimum absolute atomic E-state index is 0.107. The molecule has 2 unspecified atom stereocenters. The van der Waals surface area contributed by atoms with Gasteiger partial charge in [0, 0.05) is 0 Å². The highest BCUT2D eigenvalue weighted by atomic mass is 16.4. The van der Waals surface area contributed by atoms with Gasteiger partial charge < -0.3 is 10.2 Å². The highest BCUT2D eigenvalue weighted by Gasteiger charge is 2.50. The highest BCUT2D eigenvalue weighted by Crippen LogP contribution is 2.45. The highest BCUT2D eigenvalue weighted by molar-refractivity contribution is 5.88. The molecule has 1 rings (SSSR count). The summed E-state index contributed by atoms with van der Waals surface area (Å²) in [7, 11) is 0. The van der Waals surface area contributed by atoms with Crippen LogP contribution in [0.1, 0.15) is 40.5 Å². The summed E-state index contributed by atoms with van der Waals surface area (Å²) in [5.74, 6) is -2.68. The molecule has 0 amide bonds. The topological polar surface area (TPSA) is 74.6 Å². The third-order valence-electron chi connectivity index (χ3n) is 3.62. The van der Waals surface area contributed by atoms with Crippen LogP contribution < -0.4 is 0 Å². The van der Waals surface area contributed by atoms with Gasteiger partial charge in [-0.25, -0.2) is 0 Å². The van der Waals surface area contributed by atoms with E-state index in [2.05, 4.69) is 0 Å². The molecule has 0 aromatic rings. The van der Waals surface area contributed by atoms with Crippen LogP contribution in [0.25, 0.3) is 0 Å². The lowest BCUT2D eigenvalue weighted by atomic mass is 9.64. The molecule has 0 aromatic carbocycles. The van der Waals surface area contributed by atoms with Gasteiger partial charge in [0.05, 0.1) is 5.92 Å². The number of carboxylic acids is 2. The van der Waals surface area contributed by atoms with Crippen LogP contribution in [-0.4, -0.2) is 22.2 Å². The molecule has 0 radical (unpaired) electrons. The van der Waals surface area contributed by atoms with Gasteiger partial charge in [-0.15, -0.1) is 0 Å². The van der Waals surface area contributed by atoms with Crippen molar-refractivity contribution in [2.45, 2.75) is 40.5 Å². The Labute approximate surface area is 120 Å². The van der Waals surface area contributed by atoms with Crippen molar-refractivity contribution in [2.24, 2.45) is 23.2 Å². The Morgan fingerprint density at radius 1 is 1.20 bits per heavy atom. The fourth-order valence-electron chi connectivity index (χ4n) is 3.05. The summed E-state index contributed by atoms with van der Waals surface area (Å²) in [5.41, 5.74) is -0.628. The minimum atomic E-state index is -1.33. The molecule has 1 aliphatic carbocycles. The van der Waals surface area contributed by atoms with Crippen molar-refractivity contribution >= 4 is 11.9 Å². The Bertz CT molecular complexity index is 445. The molecule has 0 heterocycles. The number of hydrogen-bond donors (Lipinski definition) is 2. The maximum absolute atomic E-state index is 11.8. The fraction of sp³-hybridized carbons (Fsp3) is 0.625. The molecule has 2 N–H and O–H groups in total. The Hall–Kier alpha value is -1.58. The van der Waals surface area contributed by atoms with Crippen LogP contribution in [0.2, 0.25) is 0 Å². The van der Waals surface area contributed by atoms with Crippen molar-refractivity contribution in [2.75, 3.05) is 0 Å². The summed E-state index contributed by atoms with van der Waals surface area (Å²) in [5, 5.41) is 19.2. The average Bonchev–Trinajstić information content (AvgIpc) is 2.26.